The number of anilines is 2. The van der Waals surface area contributed by atoms with E-state index in [1.807, 2.05) is 0 Å². The minimum atomic E-state index is -0.594. The topological polar surface area (TPSA) is 139 Å². The average molecular weight is 536 g/mol. The van der Waals surface area contributed by atoms with E-state index < -0.39 is 6.04 Å². The summed E-state index contributed by atoms with van der Waals surface area (Å²) < 4.78 is 2.39. The Labute approximate surface area is 208 Å². The fraction of sp³-hybridized carbons (Fsp3) is 0.292. The van der Waals surface area contributed by atoms with Crippen molar-refractivity contribution in [3.05, 3.63) is 47.3 Å². The molecule has 1 aromatic carbocycles. The van der Waals surface area contributed by atoms with Crippen LogP contribution in [0.15, 0.2) is 47.3 Å². The van der Waals surface area contributed by atoms with Gasteiger partial charge in [-0.3, -0.25) is 9.59 Å². The Bertz CT molecular complexity index is 1540. The van der Waals surface area contributed by atoms with Crippen LogP contribution in [0.25, 0.3) is 21.9 Å². The summed E-state index contributed by atoms with van der Waals surface area (Å²) >= 11 is 3.31. The van der Waals surface area contributed by atoms with E-state index in [0.717, 1.165) is 6.42 Å². The molecule has 4 aromatic rings. The number of pyridine rings is 1. The van der Waals surface area contributed by atoms with Crippen LogP contribution in [0.3, 0.4) is 0 Å². The molecule has 0 bridgehead atoms. The first-order valence-corrected chi connectivity index (χ1v) is 12.0. The van der Waals surface area contributed by atoms with Gasteiger partial charge in [0, 0.05) is 11.4 Å². The molecule has 3 atom stereocenters. The number of nitrogens with one attached hydrogen (secondary N) is 1. The molecule has 11 heteroatoms. The molecule has 1 aliphatic carbocycles. The Morgan fingerprint density at radius 1 is 1.26 bits per heavy atom. The number of amides is 2. The van der Waals surface area contributed by atoms with Gasteiger partial charge in [0.1, 0.15) is 46.5 Å². The highest BCUT2D eigenvalue weighted by Crippen LogP contribution is 2.59. The van der Waals surface area contributed by atoms with Gasteiger partial charge in [-0.15, -0.1) is 0 Å². The van der Waals surface area contributed by atoms with Gasteiger partial charge in [-0.05, 0) is 64.5 Å². The van der Waals surface area contributed by atoms with Crippen molar-refractivity contribution in [2.75, 3.05) is 11.1 Å². The fourth-order valence-corrected chi connectivity index (χ4v) is 5.69. The van der Waals surface area contributed by atoms with E-state index >= 15 is 0 Å². The van der Waals surface area contributed by atoms with Crippen molar-refractivity contribution in [2.24, 2.45) is 5.41 Å². The third-order valence-corrected chi connectivity index (χ3v) is 7.58. The first-order chi connectivity index (χ1) is 16.7. The van der Waals surface area contributed by atoms with Crippen LogP contribution in [-0.2, 0) is 16.1 Å². The maximum atomic E-state index is 13.7. The zero-order chi connectivity index (χ0) is 24.5. The number of likely N-dealkylation sites (tertiary alicyclic amines) is 1. The van der Waals surface area contributed by atoms with Crippen LogP contribution in [-0.4, -0.2) is 53.4 Å². The summed E-state index contributed by atoms with van der Waals surface area (Å²) in [6.07, 6.45) is 2.82. The van der Waals surface area contributed by atoms with Gasteiger partial charge < -0.3 is 25.6 Å². The molecule has 3 aromatic heterocycles. The van der Waals surface area contributed by atoms with Gasteiger partial charge >= 0.3 is 0 Å². The summed E-state index contributed by atoms with van der Waals surface area (Å²) in [5.74, 6) is 0.347. The van der Waals surface area contributed by atoms with Crippen molar-refractivity contribution < 1.29 is 14.7 Å². The molecule has 2 aliphatic rings. The van der Waals surface area contributed by atoms with Gasteiger partial charge in [0.05, 0.1) is 10.9 Å². The summed E-state index contributed by atoms with van der Waals surface area (Å²) in [6.45, 7) is 2.09. The monoisotopic (exact) mass is 535 g/mol. The lowest BCUT2D eigenvalue weighted by atomic mass is 10.0. The van der Waals surface area contributed by atoms with Gasteiger partial charge in [0.25, 0.3) is 0 Å². The summed E-state index contributed by atoms with van der Waals surface area (Å²) in [6, 6.07) is 9.57. The lowest BCUT2D eigenvalue weighted by Gasteiger charge is -2.27. The number of nitrogens with zero attached hydrogens (tertiary/aromatic N) is 5. The highest BCUT2D eigenvalue weighted by molar-refractivity contribution is 9.10. The number of nitrogen functional groups attached to an aromatic ring is 1. The second-order valence-corrected chi connectivity index (χ2v) is 10.3. The van der Waals surface area contributed by atoms with E-state index in [1.54, 1.807) is 45.9 Å². The Balaban J connectivity index is 1.34. The van der Waals surface area contributed by atoms with E-state index in [2.05, 4.69) is 43.1 Å². The number of benzene rings is 1. The van der Waals surface area contributed by atoms with Crippen LogP contribution in [0.5, 0.6) is 5.75 Å². The number of nitrogens with two attached hydrogens (primary N) is 1. The predicted molar refractivity (Wildman–Crippen MR) is 133 cm³/mol. The van der Waals surface area contributed by atoms with Gasteiger partial charge in [0.15, 0.2) is 0 Å². The SMILES string of the molecule is C[C@@]12C[C@@H](C(=O)Nc3cccc(Br)n3)N(C(=O)Cn3c4ccc(O)cc4c4c(N)ncnc43)[C@@H]1C2. The van der Waals surface area contributed by atoms with Gasteiger partial charge in [-0.25, -0.2) is 15.0 Å². The molecule has 4 heterocycles. The first-order valence-electron chi connectivity index (χ1n) is 11.2. The molecule has 1 saturated carbocycles. The van der Waals surface area contributed by atoms with Crippen LogP contribution >= 0.6 is 15.9 Å². The Morgan fingerprint density at radius 2 is 2.09 bits per heavy atom. The van der Waals surface area contributed by atoms with Gasteiger partial charge in [0.2, 0.25) is 11.8 Å². The minimum absolute atomic E-state index is 0.0121. The summed E-state index contributed by atoms with van der Waals surface area (Å²) in [5, 5.41) is 14.1. The highest BCUT2D eigenvalue weighted by Gasteiger charge is 2.64. The second-order valence-electron chi connectivity index (χ2n) is 9.47. The maximum Gasteiger partial charge on any atom is 0.248 e. The third-order valence-electron chi connectivity index (χ3n) is 7.14. The van der Waals surface area contributed by atoms with Gasteiger partial charge in [-0.2, -0.15) is 0 Å². The lowest BCUT2D eigenvalue weighted by molar-refractivity contribution is -0.138. The van der Waals surface area contributed by atoms with Crippen LogP contribution in [0.2, 0.25) is 0 Å². The number of piperidine rings is 1. The number of aromatic nitrogens is 4. The highest BCUT2D eigenvalue weighted by atomic mass is 79.9. The van der Waals surface area contributed by atoms with Crippen LogP contribution < -0.4 is 11.1 Å². The Kier molecular flexibility index (Phi) is 4.75. The molecule has 1 saturated heterocycles. The summed E-state index contributed by atoms with van der Waals surface area (Å²) in [7, 11) is 0. The van der Waals surface area contributed by atoms with Crippen LogP contribution in [0.1, 0.15) is 19.8 Å². The number of carbonyl (C=O) groups is 2. The number of aromatic hydroxyl groups is 1. The molecule has 4 N–H and O–H groups in total. The number of rotatable bonds is 4. The molecule has 0 radical (unpaired) electrons. The Morgan fingerprint density at radius 3 is 2.89 bits per heavy atom. The molecule has 6 rings (SSSR count). The molecular formula is C24H22BrN7O3. The number of hydrogen-bond donors (Lipinski definition) is 3. The van der Waals surface area contributed by atoms with Crippen LogP contribution in [0.4, 0.5) is 11.6 Å². The number of fused-ring (bicyclic) bond motifs is 4. The van der Waals surface area contributed by atoms with Crippen LogP contribution in [0, 0.1) is 5.41 Å². The molecule has 35 heavy (non-hydrogen) atoms. The van der Waals surface area contributed by atoms with Crippen molar-refractivity contribution >= 4 is 61.3 Å². The fourth-order valence-electron chi connectivity index (χ4n) is 5.35. The van der Waals surface area contributed by atoms with E-state index in [-0.39, 0.29) is 41.4 Å². The van der Waals surface area contributed by atoms with E-state index in [9.17, 15) is 14.7 Å². The molecule has 2 fully saturated rings. The number of carbonyl (C=O) groups excluding carboxylic acids is 2. The molecule has 0 unspecified atom stereocenters. The van der Waals surface area contributed by atoms with Crippen molar-refractivity contribution in [3.8, 4) is 5.75 Å². The summed E-state index contributed by atoms with van der Waals surface area (Å²) in [4.78, 5) is 41.4. The molecular weight excluding hydrogens is 514 g/mol. The molecule has 10 nitrogen and oxygen atoms in total. The largest absolute Gasteiger partial charge is 0.508 e. The Hall–Kier alpha value is -3.73. The number of halogens is 1. The van der Waals surface area contributed by atoms with Crippen molar-refractivity contribution in [3.63, 3.8) is 0 Å². The smallest absolute Gasteiger partial charge is 0.248 e. The van der Waals surface area contributed by atoms with Crippen molar-refractivity contribution in [1.82, 2.24) is 24.4 Å². The normalized spacial score (nSPS) is 23.0. The van der Waals surface area contributed by atoms with Gasteiger partial charge in [-0.1, -0.05) is 13.0 Å². The molecule has 0 spiro atoms. The standard InChI is InChI=1S/C24H22BrN7O3/c1-24-8-15(23(35)30-18-4-2-3-17(25)29-18)32(16(24)9-24)19(34)10-31-14-6-5-12(33)7-13(14)20-21(26)27-11-28-22(20)31/h2-7,11,15-16,33H,8-10H2,1H3,(H2,26,27,28)(H,29,30,35)/t15-,16+,24-/m0/s1. The maximum absolute atomic E-state index is 13.7. The zero-order valence-electron chi connectivity index (χ0n) is 18.8. The van der Waals surface area contributed by atoms with Crippen molar-refractivity contribution in [1.29, 1.82) is 0 Å². The minimum Gasteiger partial charge on any atom is -0.508 e. The summed E-state index contributed by atoms with van der Waals surface area (Å²) in [5.41, 5.74) is 7.27. The first kappa shape index (κ1) is 21.8. The van der Waals surface area contributed by atoms with Crippen molar-refractivity contribution in [2.45, 2.75) is 38.4 Å². The average Bonchev–Trinajstić information content (AvgIpc) is 3.22. The third kappa shape index (κ3) is 3.49. The molecule has 178 valence electrons. The van der Waals surface area contributed by atoms with E-state index in [4.69, 9.17) is 5.73 Å². The zero-order valence-corrected chi connectivity index (χ0v) is 20.4. The van der Waals surface area contributed by atoms with E-state index in [1.165, 1.54) is 6.33 Å². The quantitative estimate of drug-likeness (QED) is 0.341. The number of hydrogen-bond acceptors (Lipinski definition) is 7. The molecule has 2 amide bonds. The van der Waals surface area contributed by atoms with E-state index in [0.29, 0.717) is 38.8 Å². The predicted octanol–water partition coefficient (Wildman–Crippen LogP) is 3.05. The number of phenolic OH excluding ortho intramolecular Hbond substituents is 1. The lowest BCUT2D eigenvalue weighted by Crippen LogP contribution is -2.46. The molecule has 1 aliphatic heterocycles. The second kappa shape index (κ2) is 7.64. The number of phenols is 1.